The molecule has 5 heteroatoms. The molecule has 3 rings (SSSR count). The van der Waals surface area contributed by atoms with Gasteiger partial charge in [0, 0.05) is 5.69 Å². The van der Waals surface area contributed by atoms with Crippen LogP contribution in [-0.4, -0.2) is 12.1 Å². The highest BCUT2D eigenvalue weighted by Gasteiger charge is 2.23. The molecule has 0 saturated carbocycles. The number of rotatable bonds is 3. The molecule has 0 aliphatic heterocycles. The van der Waals surface area contributed by atoms with Crippen LogP contribution in [0.1, 0.15) is 10.4 Å². The number of anilines is 3. The van der Waals surface area contributed by atoms with E-state index in [2.05, 4.69) is 0 Å². The molecule has 0 atom stereocenters. The van der Waals surface area contributed by atoms with Crippen molar-refractivity contribution in [2.45, 2.75) is 0 Å². The summed E-state index contributed by atoms with van der Waals surface area (Å²) in [4.78, 5) is 26.3. The number of nitrogens with zero attached hydrogens (tertiary/aromatic N) is 1. The van der Waals surface area contributed by atoms with Crippen molar-refractivity contribution in [1.29, 1.82) is 0 Å². The lowest BCUT2D eigenvalue weighted by molar-refractivity contribution is 0.0639. The van der Waals surface area contributed by atoms with Gasteiger partial charge in [-0.2, -0.15) is 0 Å². The molecule has 0 unspecified atom stereocenters. The number of carbonyl (C=O) groups excluding carboxylic acids is 2. The summed E-state index contributed by atoms with van der Waals surface area (Å²) in [6.07, 6.45) is -0.800. The van der Waals surface area contributed by atoms with Gasteiger partial charge < -0.3 is 10.5 Å². The number of amides is 1. The van der Waals surface area contributed by atoms with Crippen LogP contribution < -0.4 is 10.6 Å². The molecule has 0 aromatic heterocycles. The average Bonchev–Trinajstić information content (AvgIpc) is 2.64. The normalized spacial score (nSPS) is 10.1. The van der Waals surface area contributed by atoms with Gasteiger partial charge in [-0.15, -0.1) is 0 Å². The topological polar surface area (TPSA) is 72.6 Å². The number of carbonyl (C=O) groups is 2. The molecule has 5 nitrogen and oxygen atoms in total. The van der Waals surface area contributed by atoms with E-state index in [4.69, 9.17) is 10.5 Å². The van der Waals surface area contributed by atoms with E-state index in [9.17, 15) is 9.59 Å². The summed E-state index contributed by atoms with van der Waals surface area (Å²) in [5, 5.41) is 0. The van der Waals surface area contributed by atoms with Gasteiger partial charge >= 0.3 is 12.1 Å². The van der Waals surface area contributed by atoms with Crippen molar-refractivity contribution in [3.63, 3.8) is 0 Å². The zero-order valence-electron chi connectivity index (χ0n) is 13.3. The molecular weight excluding hydrogens is 316 g/mol. The molecule has 0 saturated heterocycles. The molecule has 124 valence electrons. The third-order valence-electron chi connectivity index (χ3n) is 3.57. The molecule has 0 aliphatic rings. The second-order valence-corrected chi connectivity index (χ2v) is 5.25. The van der Waals surface area contributed by atoms with Gasteiger partial charge in [-0.25, -0.2) is 14.5 Å². The van der Waals surface area contributed by atoms with E-state index in [-0.39, 0.29) is 11.3 Å². The fourth-order valence-corrected chi connectivity index (χ4v) is 2.38. The summed E-state index contributed by atoms with van der Waals surface area (Å²) in [6, 6.07) is 24.4. The minimum Gasteiger partial charge on any atom is -0.398 e. The van der Waals surface area contributed by atoms with E-state index in [1.807, 2.05) is 12.1 Å². The molecule has 25 heavy (non-hydrogen) atoms. The fraction of sp³-hybridized carbons (Fsp3) is 0. The lowest BCUT2D eigenvalue weighted by atomic mass is 10.2. The van der Waals surface area contributed by atoms with Crippen molar-refractivity contribution in [3.8, 4) is 0 Å². The first-order chi connectivity index (χ1) is 12.2. The maximum Gasteiger partial charge on any atom is 0.426 e. The predicted molar refractivity (Wildman–Crippen MR) is 96.7 cm³/mol. The van der Waals surface area contributed by atoms with Crippen molar-refractivity contribution in [3.05, 3.63) is 90.5 Å². The van der Waals surface area contributed by atoms with E-state index >= 15 is 0 Å². The smallest absolute Gasteiger partial charge is 0.398 e. The van der Waals surface area contributed by atoms with Gasteiger partial charge in [0.05, 0.1) is 16.9 Å². The molecule has 0 aliphatic carbocycles. The van der Waals surface area contributed by atoms with E-state index in [1.165, 1.54) is 11.0 Å². The first kappa shape index (κ1) is 16.3. The number of hydrogen-bond acceptors (Lipinski definition) is 4. The molecule has 0 spiro atoms. The van der Waals surface area contributed by atoms with Crippen LogP contribution in [0, 0.1) is 0 Å². The van der Waals surface area contributed by atoms with Crippen molar-refractivity contribution in [2.24, 2.45) is 0 Å². The predicted octanol–water partition coefficient (Wildman–Crippen LogP) is 4.38. The standard InChI is InChI=1S/C20H16N2O3/c21-18-14-8-7-13-17(18)19(23)25-20(24)22(15-9-3-1-4-10-15)16-11-5-2-6-12-16/h1-14H,21H2. The quantitative estimate of drug-likeness (QED) is 0.439. The number of para-hydroxylation sites is 3. The Morgan fingerprint density at radius 3 is 1.72 bits per heavy atom. The Hall–Kier alpha value is -3.60. The first-order valence-corrected chi connectivity index (χ1v) is 7.67. The Kier molecular flexibility index (Phi) is 4.76. The summed E-state index contributed by atoms with van der Waals surface area (Å²) in [6.45, 7) is 0. The van der Waals surface area contributed by atoms with Gasteiger partial charge in [-0.3, -0.25) is 0 Å². The van der Waals surface area contributed by atoms with Crippen LogP contribution in [0.4, 0.5) is 21.9 Å². The molecule has 1 amide bonds. The minimum atomic E-state index is -0.800. The van der Waals surface area contributed by atoms with E-state index in [0.29, 0.717) is 11.4 Å². The number of nitrogens with two attached hydrogens (primary N) is 1. The molecule has 0 bridgehead atoms. The van der Waals surface area contributed by atoms with Crippen molar-refractivity contribution >= 4 is 29.1 Å². The van der Waals surface area contributed by atoms with Gasteiger partial charge in [0.15, 0.2) is 0 Å². The van der Waals surface area contributed by atoms with E-state index in [0.717, 1.165) is 0 Å². The highest BCUT2D eigenvalue weighted by atomic mass is 16.6. The van der Waals surface area contributed by atoms with Crippen LogP contribution in [0.5, 0.6) is 0 Å². The van der Waals surface area contributed by atoms with Crippen LogP contribution in [0.25, 0.3) is 0 Å². The SMILES string of the molecule is Nc1ccccc1C(=O)OC(=O)N(c1ccccc1)c1ccccc1. The lowest BCUT2D eigenvalue weighted by Gasteiger charge is -2.21. The molecule has 3 aromatic rings. The molecule has 2 N–H and O–H groups in total. The Morgan fingerprint density at radius 1 is 0.720 bits per heavy atom. The maximum atomic E-state index is 12.7. The van der Waals surface area contributed by atoms with Gasteiger partial charge in [-0.1, -0.05) is 48.5 Å². The second kappa shape index (κ2) is 7.31. The monoisotopic (exact) mass is 332 g/mol. The minimum absolute atomic E-state index is 0.150. The number of benzene rings is 3. The van der Waals surface area contributed by atoms with E-state index < -0.39 is 12.1 Å². The molecule has 0 fully saturated rings. The highest BCUT2D eigenvalue weighted by molar-refractivity contribution is 6.06. The number of esters is 1. The van der Waals surface area contributed by atoms with Crippen molar-refractivity contribution < 1.29 is 14.3 Å². The van der Waals surface area contributed by atoms with Crippen LogP contribution in [0.3, 0.4) is 0 Å². The average molecular weight is 332 g/mol. The van der Waals surface area contributed by atoms with Gasteiger partial charge in [0.1, 0.15) is 0 Å². The second-order valence-electron chi connectivity index (χ2n) is 5.25. The van der Waals surface area contributed by atoms with E-state index in [1.54, 1.807) is 66.7 Å². The van der Waals surface area contributed by atoms with Crippen LogP contribution in [0.2, 0.25) is 0 Å². The van der Waals surface area contributed by atoms with Crippen LogP contribution in [-0.2, 0) is 4.74 Å². The zero-order valence-corrected chi connectivity index (χ0v) is 13.3. The summed E-state index contributed by atoms with van der Waals surface area (Å²) in [7, 11) is 0. The lowest BCUT2D eigenvalue weighted by Crippen LogP contribution is -2.29. The third-order valence-corrected chi connectivity index (χ3v) is 3.57. The summed E-state index contributed by atoms with van der Waals surface area (Å²) < 4.78 is 5.06. The Labute approximate surface area is 145 Å². The fourth-order valence-electron chi connectivity index (χ4n) is 2.38. The highest BCUT2D eigenvalue weighted by Crippen LogP contribution is 2.26. The molecule has 3 aromatic carbocycles. The number of nitrogen functional groups attached to an aromatic ring is 1. The molecular formula is C20H16N2O3. The maximum absolute atomic E-state index is 12.7. The van der Waals surface area contributed by atoms with Gasteiger partial charge in [0.25, 0.3) is 0 Å². The van der Waals surface area contributed by atoms with Gasteiger partial charge in [0.2, 0.25) is 0 Å². The Bertz CT molecular complexity index is 840. The summed E-state index contributed by atoms with van der Waals surface area (Å²) in [5.74, 6) is -0.792. The summed E-state index contributed by atoms with van der Waals surface area (Å²) in [5.41, 5.74) is 7.36. The molecule has 0 radical (unpaired) electrons. The Morgan fingerprint density at radius 2 is 1.20 bits per heavy atom. The van der Waals surface area contributed by atoms with Gasteiger partial charge in [-0.05, 0) is 36.4 Å². The number of hydrogen-bond donors (Lipinski definition) is 1. The largest absolute Gasteiger partial charge is 0.426 e. The zero-order chi connectivity index (χ0) is 17.6. The number of ether oxygens (including phenoxy) is 1. The Balaban J connectivity index is 1.90. The molecule has 0 heterocycles. The first-order valence-electron chi connectivity index (χ1n) is 7.67. The van der Waals surface area contributed by atoms with Crippen molar-refractivity contribution in [2.75, 3.05) is 10.6 Å². The third kappa shape index (κ3) is 3.67. The summed E-state index contributed by atoms with van der Waals surface area (Å²) >= 11 is 0. The van der Waals surface area contributed by atoms with Crippen molar-refractivity contribution in [1.82, 2.24) is 0 Å². The van der Waals surface area contributed by atoms with Crippen LogP contribution in [0.15, 0.2) is 84.9 Å². The van der Waals surface area contributed by atoms with Crippen LogP contribution >= 0.6 is 0 Å².